The molecule has 2 fully saturated rings. The van der Waals surface area contributed by atoms with Crippen LogP contribution in [0, 0.1) is 11.7 Å². The van der Waals surface area contributed by atoms with E-state index in [4.69, 9.17) is 4.74 Å². The van der Waals surface area contributed by atoms with E-state index in [1.807, 2.05) is 11.0 Å². The highest BCUT2D eigenvalue weighted by molar-refractivity contribution is 8.14. The summed E-state index contributed by atoms with van der Waals surface area (Å²) in [5, 5.41) is 4.24. The smallest absolute Gasteiger partial charge is 0.341 e. The van der Waals surface area contributed by atoms with E-state index in [9.17, 15) is 18.8 Å². The van der Waals surface area contributed by atoms with Crippen LogP contribution in [0.4, 0.5) is 4.39 Å². The molecular formula is C26H31ClFN3O4S. The van der Waals surface area contributed by atoms with Crippen molar-refractivity contribution >= 4 is 41.0 Å². The van der Waals surface area contributed by atoms with Crippen LogP contribution in [0.3, 0.4) is 0 Å². The Balaban J connectivity index is 0.00000361. The van der Waals surface area contributed by atoms with Gasteiger partial charge >= 0.3 is 5.97 Å². The maximum Gasteiger partial charge on any atom is 0.341 e. The van der Waals surface area contributed by atoms with Crippen LogP contribution in [0.15, 0.2) is 48.3 Å². The second kappa shape index (κ2) is 12.7. The van der Waals surface area contributed by atoms with Crippen molar-refractivity contribution in [3.05, 3.63) is 65.3 Å². The number of ketones is 1. The molecule has 1 aromatic carbocycles. The van der Waals surface area contributed by atoms with Gasteiger partial charge in [-0.05, 0) is 37.8 Å². The number of esters is 1. The summed E-state index contributed by atoms with van der Waals surface area (Å²) >= 11 is 1.28. The zero-order valence-corrected chi connectivity index (χ0v) is 22.0. The molecule has 0 amide bonds. The third-order valence-corrected chi connectivity index (χ3v) is 7.44. The molecule has 2 unspecified atom stereocenters. The molecule has 36 heavy (non-hydrogen) atoms. The average Bonchev–Trinajstić information content (AvgIpc) is 3.57. The minimum absolute atomic E-state index is 0. The van der Waals surface area contributed by atoms with Gasteiger partial charge in [0.25, 0.3) is 0 Å². The molecule has 0 radical (unpaired) electrons. The zero-order chi connectivity index (χ0) is 24.9. The molecule has 1 saturated carbocycles. The van der Waals surface area contributed by atoms with Crippen molar-refractivity contribution in [2.24, 2.45) is 5.92 Å². The minimum Gasteiger partial charge on any atom is -0.462 e. The number of carbonyl (C=O) groups is 3. The van der Waals surface area contributed by atoms with Crippen LogP contribution in [-0.2, 0) is 20.9 Å². The molecule has 194 valence electrons. The molecular weight excluding hydrogens is 505 g/mol. The number of hydrogen-bond donors (Lipinski definition) is 0. The summed E-state index contributed by atoms with van der Waals surface area (Å²) < 4.78 is 21.4. The average molecular weight is 536 g/mol. The topological polar surface area (TPSA) is 81.5 Å². The highest BCUT2D eigenvalue weighted by Gasteiger charge is 2.41. The van der Waals surface area contributed by atoms with Crippen LogP contribution in [0.25, 0.3) is 0 Å². The third-order valence-electron chi connectivity index (χ3n) is 6.29. The number of piperidine rings is 1. The standard InChI is InChI=1S/C26H30FN3O4S.ClH/c1-3-34-26(33)20-14-28-30(16-20)13-10-19-15-29(12-11-23(19)35-17(2)31)24(25(32)18-8-9-18)21-6-4-5-7-22(21)27;/h4-7,10,14,16,18,23-24H,3,8-9,11-13,15H2,1-2H3;1H. The van der Waals surface area contributed by atoms with Crippen molar-refractivity contribution in [1.29, 1.82) is 0 Å². The van der Waals surface area contributed by atoms with Gasteiger partial charge in [0.1, 0.15) is 5.82 Å². The Morgan fingerprint density at radius 1 is 1.25 bits per heavy atom. The van der Waals surface area contributed by atoms with Gasteiger partial charge in [0, 0.05) is 42.9 Å². The van der Waals surface area contributed by atoms with Gasteiger partial charge in [0.2, 0.25) is 0 Å². The second-order valence-electron chi connectivity index (χ2n) is 8.91. The van der Waals surface area contributed by atoms with Crippen molar-refractivity contribution < 1.29 is 23.5 Å². The predicted molar refractivity (Wildman–Crippen MR) is 139 cm³/mol. The largest absolute Gasteiger partial charge is 0.462 e. The molecule has 1 saturated heterocycles. The number of likely N-dealkylation sites (tertiary alicyclic amines) is 1. The monoisotopic (exact) mass is 535 g/mol. The van der Waals surface area contributed by atoms with Crippen molar-refractivity contribution in [2.75, 3.05) is 19.7 Å². The summed E-state index contributed by atoms with van der Waals surface area (Å²) in [5.41, 5.74) is 1.78. The number of benzene rings is 1. The Morgan fingerprint density at radius 3 is 2.67 bits per heavy atom. The molecule has 4 rings (SSSR count). The number of ether oxygens (including phenoxy) is 1. The first kappa shape index (κ1) is 28.1. The lowest BCUT2D eigenvalue weighted by Gasteiger charge is -2.38. The van der Waals surface area contributed by atoms with Crippen LogP contribution in [0.5, 0.6) is 0 Å². The Labute approximate surface area is 220 Å². The molecule has 2 aromatic rings. The number of rotatable bonds is 9. The number of carbonyl (C=O) groups excluding carboxylic acids is 3. The summed E-state index contributed by atoms with van der Waals surface area (Å²) in [7, 11) is 0. The van der Waals surface area contributed by atoms with E-state index in [2.05, 4.69) is 5.10 Å². The van der Waals surface area contributed by atoms with Gasteiger partial charge in [0.05, 0.1) is 31.0 Å². The highest BCUT2D eigenvalue weighted by atomic mass is 35.5. The summed E-state index contributed by atoms with van der Waals surface area (Å²) in [5.74, 6) is -0.744. The molecule has 1 aliphatic heterocycles. The van der Waals surface area contributed by atoms with E-state index < -0.39 is 12.0 Å². The van der Waals surface area contributed by atoms with E-state index in [1.54, 1.807) is 42.9 Å². The predicted octanol–water partition coefficient (Wildman–Crippen LogP) is 4.62. The lowest BCUT2D eigenvalue weighted by molar-refractivity contribution is -0.126. The molecule has 0 bridgehead atoms. The van der Waals surface area contributed by atoms with E-state index in [0.717, 1.165) is 18.4 Å². The number of hydrogen-bond acceptors (Lipinski definition) is 7. The van der Waals surface area contributed by atoms with Gasteiger partial charge in [-0.25, -0.2) is 9.18 Å². The van der Waals surface area contributed by atoms with E-state index in [-0.39, 0.29) is 46.9 Å². The van der Waals surface area contributed by atoms with Gasteiger partial charge in [-0.15, -0.1) is 12.4 Å². The van der Waals surface area contributed by atoms with Crippen molar-refractivity contribution in [3.63, 3.8) is 0 Å². The fourth-order valence-electron chi connectivity index (χ4n) is 4.45. The Hall–Kier alpha value is -2.49. The van der Waals surface area contributed by atoms with Gasteiger partial charge < -0.3 is 4.74 Å². The number of nitrogens with zero attached hydrogens (tertiary/aromatic N) is 3. The lowest BCUT2D eigenvalue weighted by atomic mass is 9.93. The van der Waals surface area contributed by atoms with Gasteiger partial charge in [0.15, 0.2) is 10.9 Å². The first-order valence-electron chi connectivity index (χ1n) is 11.9. The molecule has 1 aromatic heterocycles. The van der Waals surface area contributed by atoms with Crippen LogP contribution in [0.1, 0.15) is 55.1 Å². The number of aromatic nitrogens is 2. The highest BCUT2D eigenvalue weighted by Crippen LogP contribution is 2.40. The Kier molecular flexibility index (Phi) is 9.87. The van der Waals surface area contributed by atoms with Gasteiger partial charge in [-0.2, -0.15) is 5.10 Å². The van der Waals surface area contributed by atoms with Crippen LogP contribution in [0.2, 0.25) is 0 Å². The number of Topliss-reactive ketones (excluding diaryl/α,β-unsaturated/α-hetero) is 1. The Morgan fingerprint density at radius 2 is 2.00 bits per heavy atom. The first-order chi connectivity index (χ1) is 16.9. The van der Waals surface area contributed by atoms with E-state index in [0.29, 0.717) is 37.2 Å². The summed E-state index contributed by atoms with van der Waals surface area (Å²) in [6, 6.07) is 5.85. The summed E-state index contributed by atoms with van der Waals surface area (Å²) in [4.78, 5) is 39.2. The summed E-state index contributed by atoms with van der Waals surface area (Å²) in [6.45, 7) is 5.03. The van der Waals surface area contributed by atoms with E-state index >= 15 is 0 Å². The van der Waals surface area contributed by atoms with Crippen LogP contribution < -0.4 is 0 Å². The second-order valence-corrected chi connectivity index (χ2v) is 10.3. The fraction of sp³-hybridized carbons (Fsp3) is 0.462. The van der Waals surface area contributed by atoms with Crippen molar-refractivity contribution in [2.45, 2.75) is 50.9 Å². The Bertz CT molecular complexity index is 1130. The number of thioether (sulfide) groups is 1. The van der Waals surface area contributed by atoms with Crippen molar-refractivity contribution in [3.8, 4) is 0 Å². The van der Waals surface area contributed by atoms with Crippen LogP contribution in [-0.4, -0.2) is 56.5 Å². The first-order valence-corrected chi connectivity index (χ1v) is 12.8. The van der Waals surface area contributed by atoms with E-state index in [1.165, 1.54) is 24.0 Å². The normalized spacial score (nSPS) is 20.0. The lowest BCUT2D eigenvalue weighted by Crippen LogP contribution is -2.43. The third kappa shape index (κ3) is 6.83. The summed E-state index contributed by atoms with van der Waals surface area (Å²) in [6.07, 6.45) is 7.47. The molecule has 2 aliphatic rings. The molecule has 2 atom stereocenters. The fourth-order valence-corrected chi connectivity index (χ4v) is 5.39. The molecule has 1 aliphatic carbocycles. The molecule has 10 heteroatoms. The maximum atomic E-state index is 14.8. The van der Waals surface area contributed by atoms with Gasteiger partial charge in [-0.3, -0.25) is 19.2 Å². The molecule has 2 heterocycles. The molecule has 0 N–H and O–H groups in total. The minimum atomic E-state index is -0.643. The maximum absolute atomic E-state index is 14.8. The van der Waals surface area contributed by atoms with Gasteiger partial charge in [-0.1, -0.05) is 36.0 Å². The molecule has 7 nitrogen and oxygen atoms in total. The number of halogens is 2. The molecule has 0 spiro atoms. The zero-order valence-electron chi connectivity index (χ0n) is 20.4. The number of allylic oxidation sites excluding steroid dienone is 1. The SMILES string of the molecule is CCOC(=O)c1cnn(CC=C2CN(C(C(=O)C3CC3)c3ccccc3F)CCC2SC(C)=O)c1.Cl. The quantitative estimate of drug-likeness (QED) is 0.342. The van der Waals surface area contributed by atoms with Crippen molar-refractivity contribution in [1.82, 2.24) is 14.7 Å². The van der Waals surface area contributed by atoms with Crippen LogP contribution >= 0.6 is 24.2 Å².